The van der Waals surface area contributed by atoms with Gasteiger partial charge in [-0.2, -0.15) is 0 Å². The van der Waals surface area contributed by atoms with Crippen LogP contribution in [0.3, 0.4) is 0 Å². The van der Waals surface area contributed by atoms with E-state index in [1.54, 1.807) is 4.90 Å². The number of nitrogens with zero attached hydrogens (tertiary/aromatic N) is 1. The van der Waals surface area contributed by atoms with Crippen LogP contribution in [0.25, 0.3) is 0 Å². The molecule has 1 aromatic heterocycles. The van der Waals surface area contributed by atoms with Crippen molar-refractivity contribution >= 4 is 18.3 Å². The first kappa shape index (κ1) is 24.5. The lowest BCUT2D eigenvalue weighted by Gasteiger charge is -2.50. The summed E-state index contributed by atoms with van der Waals surface area (Å²) in [5.74, 6) is 0.364. The van der Waals surface area contributed by atoms with E-state index in [0.717, 1.165) is 38.6 Å². The van der Waals surface area contributed by atoms with E-state index in [-0.39, 0.29) is 41.9 Å². The number of carbonyl (C=O) groups is 1. The maximum Gasteiger partial charge on any atom is 0.349 e. The minimum atomic E-state index is -0.546. The predicted octanol–water partition coefficient (Wildman–Crippen LogP) is 3.12. The lowest BCUT2D eigenvalue weighted by atomic mass is 9.70. The van der Waals surface area contributed by atoms with E-state index in [2.05, 4.69) is 17.4 Å². The van der Waals surface area contributed by atoms with Gasteiger partial charge in [0, 0.05) is 31.0 Å². The number of aliphatic hydroxyl groups is 1. The van der Waals surface area contributed by atoms with E-state index in [0.29, 0.717) is 30.8 Å². The van der Waals surface area contributed by atoms with Gasteiger partial charge in [-0.3, -0.25) is 4.79 Å². The van der Waals surface area contributed by atoms with E-state index in [9.17, 15) is 14.7 Å². The summed E-state index contributed by atoms with van der Waals surface area (Å²) >= 11 is 0. The van der Waals surface area contributed by atoms with Crippen LogP contribution in [-0.4, -0.2) is 48.2 Å². The molecule has 0 spiro atoms. The van der Waals surface area contributed by atoms with Crippen molar-refractivity contribution in [2.45, 2.75) is 51.5 Å². The van der Waals surface area contributed by atoms with Crippen LogP contribution in [0.2, 0.25) is 0 Å². The zero-order valence-corrected chi connectivity index (χ0v) is 19.5. The molecule has 0 bridgehead atoms. The highest BCUT2D eigenvalue weighted by molar-refractivity contribution is 5.95. The quantitative estimate of drug-likeness (QED) is 0.692. The monoisotopic (exact) mass is 460 g/mol. The van der Waals surface area contributed by atoms with Crippen LogP contribution < -0.4 is 10.9 Å². The molecule has 2 aliphatic rings. The van der Waals surface area contributed by atoms with Gasteiger partial charge in [0.2, 0.25) is 0 Å². The van der Waals surface area contributed by atoms with E-state index in [1.807, 2.05) is 31.2 Å². The Kier molecular flexibility index (Phi) is 8.15. The molecule has 2 N–H and O–H groups in total. The highest BCUT2D eigenvalue weighted by Crippen LogP contribution is 2.38. The van der Waals surface area contributed by atoms with Crippen LogP contribution in [0.15, 0.2) is 45.6 Å². The summed E-state index contributed by atoms with van der Waals surface area (Å²) in [6.07, 6.45) is 5.21. The summed E-state index contributed by atoms with van der Waals surface area (Å²) in [4.78, 5) is 27.6. The molecule has 1 amide bonds. The lowest BCUT2D eigenvalue weighted by Crippen LogP contribution is -2.62. The molecule has 2 atom stereocenters. The maximum absolute atomic E-state index is 13.2. The van der Waals surface area contributed by atoms with Crippen molar-refractivity contribution in [1.29, 1.82) is 0 Å². The van der Waals surface area contributed by atoms with Crippen molar-refractivity contribution in [1.82, 2.24) is 10.2 Å². The van der Waals surface area contributed by atoms with Gasteiger partial charge in [-0.1, -0.05) is 30.3 Å². The molecule has 4 rings (SSSR count). The SMILES string of the molecule is Cc1cc(CCCc2ccccc2)oc(=O)c1C(=O)N1CC[C@@]2(CO)CCCN[C@@H]2C1.Cl. The average Bonchev–Trinajstić information content (AvgIpc) is 2.79. The van der Waals surface area contributed by atoms with Gasteiger partial charge < -0.3 is 19.7 Å². The third kappa shape index (κ3) is 5.08. The third-order valence-electron chi connectivity index (χ3n) is 7.01. The first-order valence-electron chi connectivity index (χ1n) is 11.3. The van der Waals surface area contributed by atoms with Gasteiger partial charge in [-0.25, -0.2) is 4.79 Å². The fourth-order valence-electron chi connectivity index (χ4n) is 5.11. The van der Waals surface area contributed by atoms with Gasteiger partial charge in [0.15, 0.2) is 0 Å². The molecule has 0 unspecified atom stereocenters. The van der Waals surface area contributed by atoms with E-state index in [4.69, 9.17) is 4.42 Å². The van der Waals surface area contributed by atoms with Gasteiger partial charge in [0.25, 0.3) is 5.91 Å². The molecule has 2 saturated heterocycles. The standard InChI is InChI=1S/C25H32N2O4.ClH/c1-18-15-20(10-5-9-19-7-3-2-4-8-19)31-24(30)22(18)23(29)27-14-12-25(17-28)11-6-13-26-21(25)16-27;/h2-4,7-8,15,21,26,28H,5-6,9-14,16-17H2,1H3;1H/t21-,25-;/m1./s1. The first-order valence-corrected chi connectivity index (χ1v) is 11.3. The maximum atomic E-state index is 13.2. The van der Waals surface area contributed by atoms with Crippen molar-refractivity contribution in [3.63, 3.8) is 0 Å². The molecule has 2 aliphatic heterocycles. The van der Waals surface area contributed by atoms with Gasteiger partial charge in [-0.05, 0) is 62.8 Å². The van der Waals surface area contributed by atoms with Crippen molar-refractivity contribution in [3.05, 3.63) is 69.3 Å². The van der Waals surface area contributed by atoms with Gasteiger partial charge in [-0.15, -0.1) is 12.4 Å². The number of nitrogens with one attached hydrogen (secondary N) is 1. The molecular weight excluding hydrogens is 428 g/mol. The second kappa shape index (κ2) is 10.6. The summed E-state index contributed by atoms with van der Waals surface area (Å²) in [7, 11) is 0. The first-order chi connectivity index (χ1) is 15.0. The Morgan fingerprint density at radius 1 is 1.25 bits per heavy atom. The number of benzene rings is 1. The zero-order chi connectivity index (χ0) is 21.8. The van der Waals surface area contributed by atoms with E-state index >= 15 is 0 Å². The number of hydrogen-bond donors (Lipinski definition) is 2. The Morgan fingerprint density at radius 3 is 2.75 bits per heavy atom. The number of halogens is 1. The van der Waals surface area contributed by atoms with Crippen LogP contribution in [-0.2, 0) is 12.8 Å². The third-order valence-corrected chi connectivity index (χ3v) is 7.01. The number of piperidine rings is 2. The summed E-state index contributed by atoms with van der Waals surface area (Å²) in [5, 5.41) is 13.4. The predicted molar refractivity (Wildman–Crippen MR) is 126 cm³/mol. The summed E-state index contributed by atoms with van der Waals surface area (Å²) in [6.45, 7) is 3.90. The van der Waals surface area contributed by atoms with Crippen molar-refractivity contribution in [2.24, 2.45) is 5.41 Å². The van der Waals surface area contributed by atoms with Crippen LogP contribution in [0.5, 0.6) is 0 Å². The Labute approximate surface area is 195 Å². The number of aryl methyl sites for hydroxylation is 3. The second-order valence-electron chi connectivity index (χ2n) is 9.03. The van der Waals surface area contributed by atoms with Crippen molar-refractivity contribution < 1.29 is 14.3 Å². The number of fused-ring (bicyclic) bond motifs is 1. The Bertz CT molecular complexity index is 978. The average molecular weight is 461 g/mol. The summed E-state index contributed by atoms with van der Waals surface area (Å²) in [5.41, 5.74) is 1.37. The molecule has 1 aromatic carbocycles. The number of aliphatic hydroxyl groups excluding tert-OH is 1. The smallest absolute Gasteiger partial charge is 0.349 e. The molecule has 0 saturated carbocycles. The molecule has 6 nitrogen and oxygen atoms in total. The van der Waals surface area contributed by atoms with Gasteiger partial charge in [0.1, 0.15) is 11.3 Å². The van der Waals surface area contributed by atoms with Crippen LogP contribution >= 0.6 is 12.4 Å². The molecular formula is C25H33ClN2O4. The molecule has 32 heavy (non-hydrogen) atoms. The number of carbonyl (C=O) groups excluding carboxylic acids is 1. The molecule has 174 valence electrons. The Hall–Kier alpha value is -2.15. The number of rotatable bonds is 6. The largest absolute Gasteiger partial charge is 0.427 e. The molecule has 0 aliphatic carbocycles. The highest BCUT2D eigenvalue weighted by atomic mass is 35.5. The minimum absolute atomic E-state index is 0. The topological polar surface area (TPSA) is 82.8 Å². The van der Waals surface area contributed by atoms with Crippen molar-refractivity contribution in [3.8, 4) is 0 Å². The van der Waals surface area contributed by atoms with Gasteiger partial charge >= 0.3 is 5.63 Å². The molecule has 3 heterocycles. The molecule has 0 radical (unpaired) electrons. The Morgan fingerprint density at radius 2 is 2.03 bits per heavy atom. The summed E-state index contributed by atoms with van der Waals surface area (Å²) in [6, 6.07) is 12.1. The van der Waals surface area contributed by atoms with E-state index in [1.165, 1.54) is 5.56 Å². The fourth-order valence-corrected chi connectivity index (χ4v) is 5.11. The second-order valence-corrected chi connectivity index (χ2v) is 9.03. The highest BCUT2D eigenvalue weighted by Gasteiger charge is 2.45. The number of hydrogen-bond acceptors (Lipinski definition) is 5. The number of amides is 1. The van der Waals surface area contributed by atoms with Crippen LogP contribution in [0.4, 0.5) is 0 Å². The van der Waals surface area contributed by atoms with E-state index < -0.39 is 5.63 Å². The summed E-state index contributed by atoms with van der Waals surface area (Å²) < 4.78 is 5.53. The fraction of sp³-hybridized carbons (Fsp3) is 0.520. The molecule has 2 aromatic rings. The Balaban J connectivity index is 0.00000289. The zero-order valence-electron chi connectivity index (χ0n) is 18.6. The lowest BCUT2D eigenvalue weighted by molar-refractivity contribution is -0.00897. The molecule has 2 fully saturated rings. The van der Waals surface area contributed by atoms with Gasteiger partial charge in [0.05, 0.1) is 6.61 Å². The number of likely N-dealkylation sites (tertiary alicyclic amines) is 1. The molecule has 7 heteroatoms. The van der Waals surface area contributed by atoms with Crippen molar-refractivity contribution in [2.75, 3.05) is 26.2 Å². The van der Waals surface area contributed by atoms with Crippen LogP contribution in [0, 0.1) is 12.3 Å². The minimum Gasteiger partial charge on any atom is -0.427 e. The van der Waals surface area contributed by atoms with Crippen LogP contribution in [0.1, 0.15) is 52.9 Å². The normalized spacial score (nSPS) is 22.7.